The number of nitrogens with zero attached hydrogens (tertiary/aromatic N) is 1. The molecule has 0 spiro atoms. The number of ether oxygens (including phenoxy) is 2. The fourth-order valence-electron chi connectivity index (χ4n) is 7.24. The Morgan fingerprint density at radius 2 is 1.94 bits per heavy atom. The van der Waals surface area contributed by atoms with Gasteiger partial charge in [-0.3, -0.25) is 4.90 Å². The summed E-state index contributed by atoms with van der Waals surface area (Å²) in [4.78, 5) is 2.55. The molecule has 5 atom stereocenters. The normalized spacial score (nSPS) is 34.5. The van der Waals surface area contributed by atoms with Crippen LogP contribution in [0.2, 0.25) is 0 Å². The van der Waals surface area contributed by atoms with Crippen LogP contribution in [-0.4, -0.2) is 57.4 Å². The van der Waals surface area contributed by atoms with Gasteiger partial charge in [0.05, 0.1) is 20.3 Å². The second kappa shape index (κ2) is 10.6. The highest BCUT2D eigenvalue weighted by atomic mass is 35.5. The molecular weight excluding hydrogens is 431 g/mol. The summed E-state index contributed by atoms with van der Waals surface area (Å²) in [6.07, 6.45) is 8.11. The van der Waals surface area contributed by atoms with E-state index in [0.29, 0.717) is 11.5 Å². The van der Waals surface area contributed by atoms with Crippen molar-refractivity contribution in [3.05, 3.63) is 29.3 Å². The minimum atomic E-state index is 0. The fourth-order valence-corrected chi connectivity index (χ4v) is 7.24. The van der Waals surface area contributed by atoms with E-state index in [1.165, 1.54) is 45.1 Å². The molecular formula is C25H40Cl2N2O2. The van der Waals surface area contributed by atoms with Crippen LogP contribution in [0.15, 0.2) is 18.2 Å². The van der Waals surface area contributed by atoms with Crippen LogP contribution in [0.1, 0.15) is 56.1 Å². The molecule has 1 aromatic rings. The van der Waals surface area contributed by atoms with E-state index >= 15 is 0 Å². The standard InChI is InChI=1S/C25H38N2O2.2ClH/c1-25-10-9-21-20-6-4-19(28-2)17-18(20)3-5-22(21)23(25)7-8-24(25)26-11-12-27-13-15-29-16-14-27;;/h4,6,17,21-24,26H,3,5,7-16H2,1-2H3;2*1H/t21-,22-,23+,24+,25+;;/m1../s1. The lowest BCUT2D eigenvalue weighted by atomic mass is 9.55. The van der Waals surface area contributed by atoms with E-state index in [1.54, 1.807) is 18.2 Å². The first-order chi connectivity index (χ1) is 14.2. The Labute approximate surface area is 200 Å². The van der Waals surface area contributed by atoms with Gasteiger partial charge in [0.1, 0.15) is 5.75 Å². The Hall–Kier alpha value is -0.520. The lowest BCUT2D eigenvalue weighted by Gasteiger charge is -2.51. The molecule has 0 radical (unpaired) electrons. The van der Waals surface area contributed by atoms with Crippen LogP contribution in [-0.2, 0) is 11.2 Å². The van der Waals surface area contributed by atoms with Crippen molar-refractivity contribution >= 4 is 24.8 Å². The molecule has 0 bridgehead atoms. The summed E-state index contributed by atoms with van der Waals surface area (Å²) >= 11 is 0. The van der Waals surface area contributed by atoms with Crippen LogP contribution in [0.25, 0.3) is 0 Å². The molecule has 31 heavy (non-hydrogen) atoms. The predicted molar refractivity (Wildman–Crippen MR) is 131 cm³/mol. The maximum Gasteiger partial charge on any atom is 0.119 e. The second-order valence-corrected chi connectivity index (χ2v) is 10.1. The van der Waals surface area contributed by atoms with Crippen LogP contribution in [0.3, 0.4) is 0 Å². The van der Waals surface area contributed by atoms with E-state index in [4.69, 9.17) is 9.47 Å². The molecule has 4 aliphatic rings. The van der Waals surface area contributed by atoms with Crippen molar-refractivity contribution in [2.24, 2.45) is 17.3 Å². The Morgan fingerprint density at radius 1 is 1.13 bits per heavy atom. The first-order valence-electron chi connectivity index (χ1n) is 11.9. The third-order valence-electron chi connectivity index (χ3n) is 8.86. The molecule has 0 unspecified atom stereocenters. The molecule has 1 N–H and O–H groups in total. The summed E-state index contributed by atoms with van der Waals surface area (Å²) in [5.41, 5.74) is 3.66. The highest BCUT2D eigenvalue weighted by Gasteiger charge is 2.54. The molecule has 1 heterocycles. The summed E-state index contributed by atoms with van der Waals surface area (Å²) in [6, 6.07) is 7.55. The van der Waals surface area contributed by atoms with Crippen molar-refractivity contribution in [2.45, 2.75) is 57.4 Å². The van der Waals surface area contributed by atoms with Gasteiger partial charge in [-0.25, -0.2) is 0 Å². The minimum absolute atomic E-state index is 0. The Bertz CT molecular complexity index is 727. The Kier molecular flexibility index (Phi) is 8.59. The molecule has 0 amide bonds. The molecule has 1 aliphatic heterocycles. The first kappa shape index (κ1) is 25.1. The number of benzene rings is 1. The molecule has 1 aromatic carbocycles. The highest BCUT2D eigenvalue weighted by Crippen LogP contribution is 2.60. The largest absolute Gasteiger partial charge is 0.497 e. The van der Waals surface area contributed by atoms with Crippen molar-refractivity contribution in [1.82, 2.24) is 10.2 Å². The van der Waals surface area contributed by atoms with Gasteiger partial charge < -0.3 is 14.8 Å². The van der Waals surface area contributed by atoms with Gasteiger partial charge >= 0.3 is 0 Å². The maximum atomic E-state index is 5.49. The third-order valence-corrected chi connectivity index (χ3v) is 8.86. The molecule has 176 valence electrons. The third kappa shape index (κ3) is 4.75. The van der Waals surface area contributed by atoms with Gasteiger partial charge in [0, 0.05) is 32.2 Å². The number of aryl methyl sites for hydroxylation is 1. The van der Waals surface area contributed by atoms with Crippen LogP contribution in [0, 0.1) is 17.3 Å². The van der Waals surface area contributed by atoms with E-state index in [2.05, 4.69) is 35.3 Å². The van der Waals surface area contributed by atoms with Crippen molar-refractivity contribution in [1.29, 1.82) is 0 Å². The number of hydrogen-bond donors (Lipinski definition) is 1. The summed E-state index contributed by atoms with van der Waals surface area (Å²) in [6.45, 7) is 8.90. The number of nitrogens with one attached hydrogen (secondary N) is 1. The Morgan fingerprint density at radius 3 is 2.71 bits per heavy atom. The van der Waals surface area contributed by atoms with Crippen molar-refractivity contribution < 1.29 is 9.47 Å². The maximum absolute atomic E-state index is 5.49. The molecule has 3 aliphatic carbocycles. The lowest BCUT2D eigenvalue weighted by molar-refractivity contribution is 0.0306. The van der Waals surface area contributed by atoms with E-state index in [-0.39, 0.29) is 24.8 Å². The fraction of sp³-hybridized carbons (Fsp3) is 0.760. The number of rotatable bonds is 5. The number of halogens is 2. The van der Waals surface area contributed by atoms with Crippen LogP contribution in [0.4, 0.5) is 0 Å². The smallest absolute Gasteiger partial charge is 0.119 e. The molecule has 0 aromatic heterocycles. The number of morpholine rings is 1. The quantitative estimate of drug-likeness (QED) is 0.676. The van der Waals surface area contributed by atoms with E-state index < -0.39 is 0 Å². The second-order valence-electron chi connectivity index (χ2n) is 10.1. The van der Waals surface area contributed by atoms with E-state index in [0.717, 1.165) is 56.4 Å². The zero-order chi connectivity index (χ0) is 19.8. The van der Waals surface area contributed by atoms with Crippen molar-refractivity contribution in [3.63, 3.8) is 0 Å². The molecule has 6 heteroatoms. The molecule has 4 nitrogen and oxygen atoms in total. The van der Waals surface area contributed by atoms with Gasteiger partial charge in [-0.2, -0.15) is 0 Å². The lowest BCUT2D eigenvalue weighted by Crippen LogP contribution is -2.50. The van der Waals surface area contributed by atoms with Gasteiger partial charge in [0.15, 0.2) is 0 Å². The number of methoxy groups -OCH3 is 1. The van der Waals surface area contributed by atoms with Gasteiger partial charge in [-0.15, -0.1) is 24.8 Å². The van der Waals surface area contributed by atoms with Gasteiger partial charge in [-0.05, 0) is 85.0 Å². The highest BCUT2D eigenvalue weighted by molar-refractivity contribution is 5.85. The summed E-state index contributed by atoms with van der Waals surface area (Å²) in [7, 11) is 1.78. The predicted octanol–water partition coefficient (Wildman–Crippen LogP) is 4.69. The topological polar surface area (TPSA) is 33.7 Å². The summed E-state index contributed by atoms with van der Waals surface area (Å²) in [5.74, 6) is 3.56. The van der Waals surface area contributed by atoms with Crippen molar-refractivity contribution in [3.8, 4) is 5.75 Å². The summed E-state index contributed by atoms with van der Waals surface area (Å²) in [5, 5.41) is 4.00. The average Bonchev–Trinajstić information content (AvgIpc) is 3.10. The average molecular weight is 472 g/mol. The SMILES string of the molecule is COc1ccc2c(c1)CC[C@@H]1[C@@H]2CC[C@]2(C)[C@@H](NCCN3CCOCC3)CC[C@@H]12.Cl.Cl. The van der Waals surface area contributed by atoms with Crippen molar-refractivity contribution in [2.75, 3.05) is 46.5 Å². The van der Waals surface area contributed by atoms with Gasteiger partial charge in [0.25, 0.3) is 0 Å². The van der Waals surface area contributed by atoms with Gasteiger partial charge in [-0.1, -0.05) is 13.0 Å². The zero-order valence-corrected chi connectivity index (χ0v) is 20.7. The molecule has 5 rings (SSSR count). The minimum Gasteiger partial charge on any atom is -0.497 e. The molecule has 1 saturated heterocycles. The van der Waals surface area contributed by atoms with Crippen LogP contribution >= 0.6 is 24.8 Å². The molecule has 2 saturated carbocycles. The van der Waals surface area contributed by atoms with E-state index in [1.807, 2.05) is 0 Å². The zero-order valence-electron chi connectivity index (χ0n) is 19.1. The van der Waals surface area contributed by atoms with Crippen LogP contribution < -0.4 is 10.1 Å². The summed E-state index contributed by atoms with van der Waals surface area (Å²) < 4.78 is 11.0. The number of hydrogen-bond acceptors (Lipinski definition) is 4. The monoisotopic (exact) mass is 470 g/mol. The van der Waals surface area contributed by atoms with E-state index in [9.17, 15) is 0 Å². The molecule has 3 fully saturated rings. The van der Waals surface area contributed by atoms with Crippen LogP contribution in [0.5, 0.6) is 5.75 Å². The van der Waals surface area contributed by atoms with Gasteiger partial charge in [0.2, 0.25) is 0 Å². The number of fused-ring (bicyclic) bond motifs is 5. The Balaban J connectivity index is 0.00000136. The first-order valence-corrected chi connectivity index (χ1v) is 11.9.